The number of amides is 1. The summed E-state index contributed by atoms with van der Waals surface area (Å²) in [7, 11) is 0. The summed E-state index contributed by atoms with van der Waals surface area (Å²) in [6.07, 6.45) is 5.64. The molecule has 4 nitrogen and oxygen atoms in total. The zero-order valence-corrected chi connectivity index (χ0v) is 13.0. The van der Waals surface area contributed by atoms with E-state index in [1.807, 2.05) is 18.2 Å². The second-order valence-electron chi connectivity index (χ2n) is 5.35. The summed E-state index contributed by atoms with van der Waals surface area (Å²) >= 11 is 3.48. The maximum atomic E-state index is 12.4. The number of carbonyl (C=O) groups excluding carboxylic acids is 1. The van der Waals surface area contributed by atoms with Gasteiger partial charge in [0.15, 0.2) is 12.4 Å². The molecule has 0 atom stereocenters. The van der Waals surface area contributed by atoms with Crippen LogP contribution in [0.1, 0.15) is 35.2 Å². The molecule has 1 aromatic carbocycles. The van der Waals surface area contributed by atoms with E-state index in [4.69, 9.17) is 0 Å². The van der Waals surface area contributed by atoms with E-state index in [0.717, 1.165) is 29.3 Å². The molecule has 0 unspecified atom stereocenters. The van der Waals surface area contributed by atoms with Gasteiger partial charge in [-0.15, -0.1) is 0 Å². The Balaban J connectivity index is 1.84. The van der Waals surface area contributed by atoms with Crippen molar-refractivity contribution in [2.24, 2.45) is 0 Å². The Morgan fingerprint density at radius 3 is 2.52 bits per heavy atom. The van der Waals surface area contributed by atoms with E-state index in [0.29, 0.717) is 10.3 Å². The number of nitrogens with one attached hydrogen (secondary N) is 1. The van der Waals surface area contributed by atoms with Crippen molar-refractivity contribution in [3.05, 3.63) is 69.6 Å². The van der Waals surface area contributed by atoms with Gasteiger partial charge in [0, 0.05) is 16.6 Å². The van der Waals surface area contributed by atoms with Crippen LogP contribution in [0.5, 0.6) is 0 Å². The number of rotatable bonds is 3. The number of aromatic nitrogens is 1. The van der Waals surface area contributed by atoms with Crippen LogP contribution in [0.15, 0.2) is 53.3 Å². The van der Waals surface area contributed by atoms with Crippen LogP contribution >= 0.6 is 15.9 Å². The summed E-state index contributed by atoms with van der Waals surface area (Å²) in [6, 6.07) is 11.1. The minimum absolute atomic E-state index is 0.143. The van der Waals surface area contributed by atoms with Crippen LogP contribution in [0.4, 0.5) is 0 Å². The third kappa shape index (κ3) is 2.78. The van der Waals surface area contributed by atoms with Crippen molar-refractivity contribution in [3.63, 3.8) is 0 Å². The third-order valence-electron chi connectivity index (χ3n) is 4.00. The standard InChI is InChI=1S/C16H15BrN2O2/c17-14-4-1-3-13(11-14)16(7-2-8-16)18-15(20)12-5-9-19(21)10-6-12/h1,3-6,9-11H,2,7-8H2,(H,18,20). The first-order chi connectivity index (χ1) is 10.1. The second kappa shape index (κ2) is 5.48. The van der Waals surface area contributed by atoms with Gasteiger partial charge < -0.3 is 10.5 Å². The molecular formula is C16H15BrN2O2. The van der Waals surface area contributed by atoms with Gasteiger partial charge in [-0.05, 0) is 37.0 Å². The average Bonchev–Trinajstić information content (AvgIpc) is 2.43. The molecule has 1 amide bonds. The SMILES string of the molecule is O=C(NC1(c2cccc(Br)c2)CCC1)c1cc[n+]([O-])cc1. The lowest BCUT2D eigenvalue weighted by Crippen LogP contribution is -2.50. The van der Waals surface area contributed by atoms with Crippen LogP contribution in [-0.2, 0) is 5.54 Å². The lowest BCUT2D eigenvalue weighted by Gasteiger charge is -2.43. The molecule has 0 radical (unpaired) electrons. The summed E-state index contributed by atoms with van der Waals surface area (Å²) in [4.78, 5) is 12.4. The topological polar surface area (TPSA) is 56.0 Å². The van der Waals surface area contributed by atoms with E-state index in [1.54, 1.807) is 0 Å². The third-order valence-corrected chi connectivity index (χ3v) is 4.49. The lowest BCUT2D eigenvalue weighted by atomic mass is 9.71. The minimum Gasteiger partial charge on any atom is -0.619 e. The molecule has 1 heterocycles. The fourth-order valence-corrected chi connectivity index (χ4v) is 3.06. The monoisotopic (exact) mass is 346 g/mol. The summed E-state index contributed by atoms with van der Waals surface area (Å²) in [5, 5.41) is 14.2. The van der Waals surface area contributed by atoms with Crippen LogP contribution in [0.3, 0.4) is 0 Å². The molecule has 1 aliphatic rings. The van der Waals surface area contributed by atoms with Crippen molar-refractivity contribution in [2.75, 3.05) is 0 Å². The van der Waals surface area contributed by atoms with E-state index in [-0.39, 0.29) is 11.4 Å². The fourth-order valence-electron chi connectivity index (χ4n) is 2.66. The molecule has 0 aliphatic heterocycles. The highest BCUT2D eigenvalue weighted by Crippen LogP contribution is 2.42. The number of benzene rings is 1. The first kappa shape index (κ1) is 14.1. The number of pyridine rings is 1. The number of nitrogens with zero attached hydrogens (tertiary/aromatic N) is 1. The first-order valence-corrected chi connectivity index (χ1v) is 7.66. The van der Waals surface area contributed by atoms with Gasteiger partial charge in [-0.1, -0.05) is 28.1 Å². The smallest absolute Gasteiger partial charge is 0.252 e. The van der Waals surface area contributed by atoms with Crippen molar-refractivity contribution >= 4 is 21.8 Å². The van der Waals surface area contributed by atoms with E-state index < -0.39 is 0 Å². The summed E-state index contributed by atoms with van der Waals surface area (Å²) in [5.41, 5.74) is 1.33. The van der Waals surface area contributed by atoms with Crippen LogP contribution in [0.25, 0.3) is 0 Å². The maximum absolute atomic E-state index is 12.4. The second-order valence-corrected chi connectivity index (χ2v) is 6.26. The molecule has 0 bridgehead atoms. The van der Waals surface area contributed by atoms with Crippen molar-refractivity contribution < 1.29 is 9.52 Å². The molecule has 1 aromatic heterocycles. The maximum Gasteiger partial charge on any atom is 0.252 e. The Morgan fingerprint density at radius 2 is 1.95 bits per heavy atom. The van der Waals surface area contributed by atoms with Gasteiger partial charge >= 0.3 is 0 Å². The molecule has 108 valence electrons. The van der Waals surface area contributed by atoms with Crippen molar-refractivity contribution in [2.45, 2.75) is 24.8 Å². The van der Waals surface area contributed by atoms with Crippen molar-refractivity contribution in [1.82, 2.24) is 5.32 Å². The molecule has 1 aliphatic carbocycles. The fraction of sp³-hybridized carbons (Fsp3) is 0.250. The van der Waals surface area contributed by atoms with Gasteiger partial charge in [-0.25, -0.2) is 0 Å². The largest absolute Gasteiger partial charge is 0.619 e. The minimum atomic E-state index is -0.288. The molecule has 1 fully saturated rings. The Hall–Kier alpha value is -1.88. The molecule has 0 saturated heterocycles. The molecule has 2 aromatic rings. The summed E-state index contributed by atoms with van der Waals surface area (Å²) in [5.74, 6) is -0.143. The Morgan fingerprint density at radius 1 is 1.24 bits per heavy atom. The predicted octanol–water partition coefficient (Wildman–Crippen LogP) is 2.89. The number of carbonyl (C=O) groups is 1. The van der Waals surface area contributed by atoms with Crippen LogP contribution in [0, 0.1) is 5.21 Å². The highest BCUT2D eigenvalue weighted by molar-refractivity contribution is 9.10. The zero-order chi connectivity index (χ0) is 14.9. The summed E-state index contributed by atoms with van der Waals surface area (Å²) < 4.78 is 1.68. The van der Waals surface area contributed by atoms with E-state index in [1.165, 1.54) is 24.5 Å². The molecule has 1 N–H and O–H groups in total. The zero-order valence-electron chi connectivity index (χ0n) is 11.4. The van der Waals surface area contributed by atoms with Crippen molar-refractivity contribution in [1.29, 1.82) is 0 Å². The summed E-state index contributed by atoms with van der Waals surface area (Å²) in [6.45, 7) is 0. The van der Waals surface area contributed by atoms with Gasteiger partial charge in [-0.3, -0.25) is 4.79 Å². The molecule has 5 heteroatoms. The average molecular weight is 347 g/mol. The van der Waals surface area contributed by atoms with Gasteiger partial charge in [0.1, 0.15) is 0 Å². The van der Waals surface area contributed by atoms with Crippen LogP contribution in [0.2, 0.25) is 0 Å². The van der Waals surface area contributed by atoms with E-state index in [9.17, 15) is 10.0 Å². The van der Waals surface area contributed by atoms with E-state index >= 15 is 0 Å². The number of halogens is 1. The molecule has 3 rings (SSSR count). The Labute approximate surface area is 131 Å². The van der Waals surface area contributed by atoms with Crippen LogP contribution in [-0.4, -0.2) is 5.91 Å². The highest BCUT2D eigenvalue weighted by Gasteiger charge is 2.40. The quantitative estimate of drug-likeness (QED) is 0.686. The Kier molecular flexibility index (Phi) is 3.68. The van der Waals surface area contributed by atoms with Gasteiger partial charge in [0.2, 0.25) is 0 Å². The lowest BCUT2D eigenvalue weighted by molar-refractivity contribution is -0.605. The van der Waals surface area contributed by atoms with Crippen molar-refractivity contribution in [3.8, 4) is 0 Å². The highest BCUT2D eigenvalue weighted by atomic mass is 79.9. The molecular weight excluding hydrogens is 332 g/mol. The van der Waals surface area contributed by atoms with Gasteiger partial charge in [0.05, 0.1) is 11.1 Å². The predicted molar refractivity (Wildman–Crippen MR) is 82.5 cm³/mol. The van der Waals surface area contributed by atoms with E-state index in [2.05, 4.69) is 27.3 Å². The number of hydrogen-bond donors (Lipinski definition) is 1. The molecule has 1 saturated carbocycles. The number of hydrogen-bond acceptors (Lipinski definition) is 2. The molecule has 21 heavy (non-hydrogen) atoms. The van der Waals surface area contributed by atoms with Gasteiger partial charge in [-0.2, -0.15) is 4.73 Å². The van der Waals surface area contributed by atoms with Crippen LogP contribution < -0.4 is 10.0 Å². The molecule has 0 spiro atoms. The Bertz CT molecular complexity index is 666. The normalized spacial score (nSPS) is 16.0. The first-order valence-electron chi connectivity index (χ1n) is 6.86. The van der Waals surface area contributed by atoms with Gasteiger partial charge in [0.25, 0.3) is 5.91 Å².